The summed E-state index contributed by atoms with van der Waals surface area (Å²) in [6, 6.07) is 5.33. The number of aromatic nitrogens is 6. The molecule has 0 aliphatic heterocycles. The smallest absolute Gasteiger partial charge is 0.256 e. The quantitative estimate of drug-likeness (QED) is 0.341. The second kappa shape index (κ2) is 10.1. The molecule has 0 spiro atoms. The summed E-state index contributed by atoms with van der Waals surface area (Å²) in [6.07, 6.45) is 8.24. The van der Waals surface area contributed by atoms with E-state index in [9.17, 15) is 4.79 Å². The van der Waals surface area contributed by atoms with E-state index >= 15 is 0 Å². The molecule has 4 N–H and O–H groups in total. The lowest BCUT2D eigenvalue weighted by atomic mass is 9.89. The van der Waals surface area contributed by atoms with Crippen LogP contribution in [0.3, 0.4) is 0 Å². The molecule has 190 valence electrons. The Balaban J connectivity index is 1.62. The van der Waals surface area contributed by atoms with Crippen LogP contribution in [0.25, 0.3) is 17.0 Å². The van der Waals surface area contributed by atoms with E-state index < -0.39 is 0 Å². The molecule has 4 rings (SSSR count). The molecular weight excluding hydrogens is 468 g/mol. The van der Waals surface area contributed by atoms with Gasteiger partial charge in [-0.3, -0.25) is 14.4 Å². The van der Waals surface area contributed by atoms with E-state index in [1.165, 1.54) is 6.33 Å². The minimum Gasteiger partial charge on any atom is -0.385 e. The Hall–Kier alpha value is -4.67. The highest BCUT2D eigenvalue weighted by Gasteiger charge is 2.18. The van der Waals surface area contributed by atoms with Crippen molar-refractivity contribution in [3.63, 3.8) is 0 Å². The van der Waals surface area contributed by atoms with Crippen LogP contribution in [-0.2, 0) is 0 Å². The molecule has 0 saturated heterocycles. The van der Waals surface area contributed by atoms with Crippen molar-refractivity contribution in [3.8, 4) is 5.95 Å². The number of hydrogen-bond donors (Lipinski definition) is 3. The fraction of sp³-hybridized carbons (Fsp3) is 0.269. The Morgan fingerprint density at radius 2 is 1.92 bits per heavy atom. The summed E-state index contributed by atoms with van der Waals surface area (Å²) < 4.78 is 1.73. The summed E-state index contributed by atoms with van der Waals surface area (Å²) >= 11 is 0. The van der Waals surface area contributed by atoms with Crippen LogP contribution < -0.4 is 16.4 Å². The molecule has 0 bridgehead atoms. The fourth-order valence-electron chi connectivity index (χ4n) is 3.62. The van der Waals surface area contributed by atoms with Crippen LogP contribution in [0.4, 0.5) is 11.5 Å². The zero-order valence-corrected chi connectivity index (χ0v) is 21.7. The molecule has 0 radical (unpaired) electrons. The predicted octanol–water partition coefficient (Wildman–Crippen LogP) is 3.61. The highest BCUT2D eigenvalue weighted by Crippen LogP contribution is 2.25. The highest BCUT2D eigenvalue weighted by atomic mass is 16.1. The second-order valence-electron chi connectivity index (χ2n) is 9.62. The summed E-state index contributed by atoms with van der Waals surface area (Å²) in [7, 11) is 1.70. The van der Waals surface area contributed by atoms with Gasteiger partial charge < -0.3 is 16.4 Å². The second-order valence-corrected chi connectivity index (χ2v) is 9.62. The van der Waals surface area contributed by atoms with Crippen LogP contribution in [0.1, 0.15) is 42.4 Å². The Morgan fingerprint density at radius 1 is 1.14 bits per heavy atom. The maximum atomic E-state index is 13.0. The molecule has 0 atom stereocenters. The van der Waals surface area contributed by atoms with E-state index in [2.05, 4.69) is 40.5 Å². The average molecular weight is 499 g/mol. The van der Waals surface area contributed by atoms with Crippen LogP contribution in [-0.4, -0.2) is 48.2 Å². The molecule has 3 heterocycles. The van der Waals surface area contributed by atoms with Gasteiger partial charge in [-0.15, -0.1) is 0 Å². The number of nitrogens with zero attached hydrogens (tertiary/aromatic N) is 7. The molecule has 37 heavy (non-hydrogen) atoms. The number of carbonyl (C=O) groups is 1. The van der Waals surface area contributed by atoms with Gasteiger partial charge in [-0.1, -0.05) is 26.8 Å². The van der Waals surface area contributed by atoms with E-state index in [-0.39, 0.29) is 17.1 Å². The Morgan fingerprint density at radius 3 is 2.59 bits per heavy atom. The summed E-state index contributed by atoms with van der Waals surface area (Å²) in [6.45, 7) is 9.91. The Labute approximate surface area is 215 Å². The molecule has 0 saturated carbocycles. The zero-order chi connectivity index (χ0) is 26.7. The van der Waals surface area contributed by atoms with Gasteiger partial charge in [-0.2, -0.15) is 0 Å². The molecule has 1 amide bonds. The van der Waals surface area contributed by atoms with Gasteiger partial charge in [0.25, 0.3) is 5.91 Å². The van der Waals surface area contributed by atoms with Gasteiger partial charge in [0, 0.05) is 35.6 Å². The van der Waals surface area contributed by atoms with Gasteiger partial charge in [0.15, 0.2) is 5.82 Å². The number of fused-ring (bicyclic) bond motifs is 1. The van der Waals surface area contributed by atoms with E-state index in [0.29, 0.717) is 34.1 Å². The Bertz CT molecular complexity index is 1530. The van der Waals surface area contributed by atoms with Crippen LogP contribution in [0.15, 0.2) is 60.1 Å². The largest absolute Gasteiger partial charge is 0.385 e. The molecule has 3 aromatic heterocycles. The normalized spacial score (nSPS) is 12.6. The standard InChI is InChI=1S/C26H30N10O/c1-15-7-8-17(24(37)34-21(27)10-20(28-6)26(3,4)5)9-18(15)33-23-22-19(30-13-31-23)11-29-25(35-22)36-12-16(2)32-14-36/h7-14H,27H2,1-6H3,(H,34,37)(H,30,31,33)/b21-10+,28-20+. The van der Waals surface area contributed by atoms with Crippen LogP contribution >= 0.6 is 0 Å². The van der Waals surface area contributed by atoms with Crippen molar-refractivity contribution in [2.75, 3.05) is 12.4 Å². The van der Waals surface area contributed by atoms with Crippen molar-refractivity contribution in [1.82, 2.24) is 34.8 Å². The average Bonchev–Trinajstić information content (AvgIpc) is 3.29. The topological polar surface area (TPSA) is 149 Å². The molecule has 11 heteroatoms. The SMILES string of the molecule is C/N=C(\C=C(/N)NC(=O)c1ccc(C)c(Nc2ncnc3cnc(-n4cnc(C)c4)nc23)c1)C(C)(C)C. The van der Waals surface area contributed by atoms with Crippen molar-refractivity contribution >= 4 is 34.2 Å². The highest BCUT2D eigenvalue weighted by molar-refractivity contribution is 6.01. The van der Waals surface area contributed by atoms with Crippen molar-refractivity contribution in [1.29, 1.82) is 0 Å². The van der Waals surface area contributed by atoms with Crippen molar-refractivity contribution < 1.29 is 4.79 Å². The van der Waals surface area contributed by atoms with Gasteiger partial charge in [0.1, 0.15) is 29.5 Å². The number of imidazole rings is 1. The van der Waals surface area contributed by atoms with Gasteiger partial charge in [0.05, 0.1) is 11.9 Å². The van der Waals surface area contributed by atoms with Gasteiger partial charge in [-0.05, 0) is 37.6 Å². The van der Waals surface area contributed by atoms with Crippen molar-refractivity contribution in [2.24, 2.45) is 16.1 Å². The van der Waals surface area contributed by atoms with E-state index in [1.807, 2.05) is 46.9 Å². The minimum atomic E-state index is -0.339. The van der Waals surface area contributed by atoms with Gasteiger partial charge in [-0.25, -0.2) is 24.9 Å². The first kappa shape index (κ1) is 25.4. The molecule has 11 nitrogen and oxygen atoms in total. The lowest BCUT2D eigenvalue weighted by Gasteiger charge is -2.19. The lowest BCUT2D eigenvalue weighted by Crippen LogP contribution is -2.30. The third kappa shape index (κ3) is 5.77. The summed E-state index contributed by atoms with van der Waals surface area (Å²) in [5.41, 5.74) is 10.7. The number of anilines is 2. The van der Waals surface area contributed by atoms with E-state index in [1.54, 1.807) is 42.3 Å². The number of allylic oxidation sites excluding steroid dienone is 1. The first-order chi connectivity index (χ1) is 17.5. The molecule has 0 unspecified atom stereocenters. The van der Waals surface area contributed by atoms with Gasteiger partial charge >= 0.3 is 0 Å². The number of nitrogens with two attached hydrogens (primary N) is 1. The molecule has 0 aliphatic rings. The number of carbonyl (C=O) groups excluding carboxylic acids is 1. The predicted molar refractivity (Wildman–Crippen MR) is 144 cm³/mol. The monoisotopic (exact) mass is 498 g/mol. The fourth-order valence-corrected chi connectivity index (χ4v) is 3.62. The number of aliphatic imine (C=N–C) groups is 1. The summed E-state index contributed by atoms with van der Waals surface area (Å²) in [5, 5.41) is 6.03. The zero-order valence-electron chi connectivity index (χ0n) is 21.7. The summed E-state index contributed by atoms with van der Waals surface area (Å²) in [4.78, 5) is 39.2. The molecule has 0 aliphatic carbocycles. The Kier molecular flexibility index (Phi) is 6.96. The number of aryl methyl sites for hydroxylation is 2. The van der Waals surface area contributed by atoms with Gasteiger partial charge in [0.2, 0.25) is 5.95 Å². The maximum Gasteiger partial charge on any atom is 0.256 e. The van der Waals surface area contributed by atoms with E-state index in [0.717, 1.165) is 17.0 Å². The van der Waals surface area contributed by atoms with Crippen LogP contribution in [0.5, 0.6) is 0 Å². The number of nitrogens with one attached hydrogen (secondary N) is 2. The number of rotatable bonds is 6. The van der Waals surface area contributed by atoms with Crippen molar-refractivity contribution in [2.45, 2.75) is 34.6 Å². The van der Waals surface area contributed by atoms with Crippen LogP contribution in [0.2, 0.25) is 0 Å². The number of benzene rings is 1. The molecule has 1 aromatic carbocycles. The van der Waals surface area contributed by atoms with E-state index in [4.69, 9.17) is 5.73 Å². The third-order valence-corrected chi connectivity index (χ3v) is 5.62. The maximum absolute atomic E-state index is 13.0. The van der Waals surface area contributed by atoms with Crippen LogP contribution in [0, 0.1) is 19.3 Å². The van der Waals surface area contributed by atoms with Crippen molar-refractivity contribution in [3.05, 3.63) is 72.0 Å². The first-order valence-corrected chi connectivity index (χ1v) is 11.7. The lowest BCUT2D eigenvalue weighted by molar-refractivity contribution is 0.0965. The number of hydrogen-bond acceptors (Lipinski definition) is 9. The minimum absolute atomic E-state index is 0.203. The first-order valence-electron chi connectivity index (χ1n) is 11.7. The summed E-state index contributed by atoms with van der Waals surface area (Å²) in [5.74, 6) is 0.813. The molecule has 4 aromatic rings. The molecular formula is C26H30N10O. The number of amides is 1. The molecule has 0 fully saturated rings. The third-order valence-electron chi connectivity index (χ3n) is 5.62.